The Kier molecular flexibility index (Phi) is 5.67. The number of hydrogen-bond donors (Lipinski definition) is 1. The van der Waals surface area contributed by atoms with Gasteiger partial charge in [-0.15, -0.1) is 0 Å². The number of nitrogens with zero attached hydrogens (tertiary/aromatic N) is 2. The number of hydrogen-bond acceptors (Lipinski definition) is 4. The lowest BCUT2D eigenvalue weighted by Crippen LogP contribution is -2.13. The van der Waals surface area contributed by atoms with E-state index in [1.54, 1.807) is 6.92 Å². The fourth-order valence-corrected chi connectivity index (χ4v) is 3.88. The molecule has 0 saturated carbocycles. The number of benzene rings is 2. The summed E-state index contributed by atoms with van der Waals surface area (Å²) in [5, 5.41) is 9.50. The van der Waals surface area contributed by atoms with E-state index in [0.717, 1.165) is 10.7 Å². The molecule has 29 heavy (non-hydrogen) atoms. The molecule has 0 saturated heterocycles. The van der Waals surface area contributed by atoms with Crippen LogP contribution in [-0.4, -0.2) is 25.3 Å². The summed E-state index contributed by atoms with van der Waals surface area (Å²) in [6.45, 7) is 1.72. The fourth-order valence-electron chi connectivity index (χ4n) is 3.14. The molecule has 10 heteroatoms. The molecule has 2 aromatic carbocycles. The van der Waals surface area contributed by atoms with E-state index in [4.69, 9.17) is 9.88 Å². The molecule has 0 fully saturated rings. The van der Waals surface area contributed by atoms with Crippen molar-refractivity contribution in [1.82, 2.24) is 9.78 Å². The first kappa shape index (κ1) is 20.9. The molecule has 6 nitrogen and oxygen atoms in total. The van der Waals surface area contributed by atoms with Crippen molar-refractivity contribution >= 4 is 10.0 Å². The molecule has 1 heterocycles. The molecule has 3 rings (SSSR count). The van der Waals surface area contributed by atoms with Gasteiger partial charge >= 0.3 is 0 Å². The maximum absolute atomic E-state index is 14.3. The highest BCUT2D eigenvalue weighted by Gasteiger charge is 2.29. The third-order valence-corrected chi connectivity index (χ3v) is 5.36. The minimum Gasteiger partial charge on any atom is -0.494 e. The van der Waals surface area contributed by atoms with Gasteiger partial charge in [-0.25, -0.2) is 26.7 Å². The molecule has 0 radical (unpaired) electrons. The molecule has 154 valence electrons. The predicted octanol–water partition coefficient (Wildman–Crippen LogP) is 3.97. The zero-order valence-corrected chi connectivity index (χ0v) is 16.4. The highest BCUT2D eigenvalue weighted by Crippen LogP contribution is 2.41. The van der Waals surface area contributed by atoms with Gasteiger partial charge in [-0.05, 0) is 30.7 Å². The minimum absolute atomic E-state index is 0.0312. The Hall–Kier alpha value is -2.85. The lowest BCUT2D eigenvalue weighted by atomic mass is 9.98. The smallest absolute Gasteiger partial charge is 0.280 e. The van der Waals surface area contributed by atoms with E-state index in [0.29, 0.717) is 0 Å². The Morgan fingerprint density at radius 3 is 2.45 bits per heavy atom. The molecule has 3 aromatic rings. The van der Waals surface area contributed by atoms with E-state index in [-0.39, 0.29) is 39.6 Å². The molecule has 1 aromatic heterocycles. The zero-order valence-electron chi connectivity index (χ0n) is 15.6. The quantitative estimate of drug-likeness (QED) is 0.647. The first-order valence-corrected chi connectivity index (χ1v) is 10.1. The van der Waals surface area contributed by atoms with Crippen molar-refractivity contribution in [1.29, 1.82) is 0 Å². The van der Waals surface area contributed by atoms with E-state index in [9.17, 15) is 21.6 Å². The zero-order chi connectivity index (χ0) is 21.3. The first-order chi connectivity index (χ1) is 13.7. The van der Waals surface area contributed by atoms with Crippen molar-refractivity contribution in [2.45, 2.75) is 24.8 Å². The average molecular weight is 425 g/mol. The van der Waals surface area contributed by atoms with E-state index in [1.807, 2.05) is 0 Å². The lowest BCUT2D eigenvalue weighted by molar-refractivity contribution is 0.140. The summed E-state index contributed by atoms with van der Waals surface area (Å²) in [7, 11) is -2.88. The maximum atomic E-state index is 14.3. The van der Waals surface area contributed by atoms with Crippen molar-refractivity contribution < 1.29 is 26.3 Å². The standard InChI is InChI=1S/C19H18F3N3O3S/c1-3-25-18(19(21)22)16(11-8-9-14(28-2)13(20)10-11)17(24-25)12-6-4-5-7-15(12)29(23,26)27/h4-10,19H,3H2,1-2H3,(H2,23,26,27). The molecule has 0 aliphatic heterocycles. The second kappa shape index (κ2) is 7.88. The summed E-state index contributed by atoms with van der Waals surface area (Å²) in [4.78, 5) is -0.267. The van der Waals surface area contributed by atoms with Crippen molar-refractivity contribution in [3.05, 3.63) is 54.0 Å². The number of nitrogens with two attached hydrogens (primary N) is 1. The van der Waals surface area contributed by atoms with Crippen LogP contribution in [0.2, 0.25) is 0 Å². The molecule has 0 bridgehead atoms. The van der Waals surface area contributed by atoms with Gasteiger partial charge in [0, 0.05) is 17.7 Å². The summed E-state index contributed by atoms with van der Waals surface area (Å²) >= 11 is 0. The Morgan fingerprint density at radius 1 is 1.21 bits per heavy atom. The van der Waals surface area contributed by atoms with E-state index in [1.165, 1.54) is 43.5 Å². The summed E-state index contributed by atoms with van der Waals surface area (Å²) in [6, 6.07) is 9.43. The monoisotopic (exact) mass is 425 g/mol. The maximum Gasteiger partial charge on any atom is 0.280 e. The summed E-state index contributed by atoms with van der Waals surface area (Å²) < 4.78 is 72.2. The summed E-state index contributed by atoms with van der Waals surface area (Å²) in [5.74, 6) is -0.804. The lowest BCUT2D eigenvalue weighted by Gasteiger charge is -2.11. The van der Waals surface area contributed by atoms with Crippen LogP contribution < -0.4 is 9.88 Å². The van der Waals surface area contributed by atoms with Gasteiger partial charge < -0.3 is 4.74 Å². The number of ether oxygens (including phenoxy) is 1. The van der Waals surface area contributed by atoms with Crippen LogP contribution in [0.4, 0.5) is 13.2 Å². The Morgan fingerprint density at radius 2 is 1.90 bits per heavy atom. The fraction of sp³-hybridized carbons (Fsp3) is 0.211. The number of rotatable bonds is 6. The molecule has 0 aliphatic carbocycles. The summed E-state index contributed by atoms with van der Waals surface area (Å²) in [6.07, 6.45) is -2.93. The van der Waals surface area contributed by atoms with Gasteiger partial charge in [0.2, 0.25) is 10.0 Å². The minimum atomic E-state index is -4.16. The van der Waals surface area contributed by atoms with Gasteiger partial charge in [0.15, 0.2) is 11.6 Å². The number of primary sulfonamides is 1. The summed E-state index contributed by atoms with van der Waals surface area (Å²) in [5.41, 5.74) is -0.389. The van der Waals surface area contributed by atoms with E-state index in [2.05, 4.69) is 5.10 Å². The largest absolute Gasteiger partial charge is 0.494 e. The third kappa shape index (κ3) is 3.85. The highest BCUT2D eigenvalue weighted by molar-refractivity contribution is 7.89. The van der Waals surface area contributed by atoms with Crippen LogP contribution in [0.3, 0.4) is 0 Å². The normalized spacial score (nSPS) is 11.8. The number of aryl methyl sites for hydroxylation is 1. The molecule has 0 atom stereocenters. The van der Waals surface area contributed by atoms with Crippen LogP contribution in [0.5, 0.6) is 5.75 Å². The topological polar surface area (TPSA) is 87.2 Å². The molecule has 0 unspecified atom stereocenters. The molecular weight excluding hydrogens is 407 g/mol. The van der Waals surface area contributed by atoms with Crippen LogP contribution in [0.25, 0.3) is 22.4 Å². The van der Waals surface area contributed by atoms with Crippen molar-refractivity contribution in [3.8, 4) is 28.1 Å². The molecule has 0 aliphatic rings. The molecule has 0 amide bonds. The number of aromatic nitrogens is 2. The first-order valence-electron chi connectivity index (χ1n) is 8.54. The number of methoxy groups -OCH3 is 1. The van der Waals surface area contributed by atoms with Crippen LogP contribution in [0, 0.1) is 5.82 Å². The van der Waals surface area contributed by atoms with Gasteiger partial charge in [0.25, 0.3) is 6.43 Å². The number of alkyl halides is 2. The highest BCUT2D eigenvalue weighted by atomic mass is 32.2. The van der Waals surface area contributed by atoms with Gasteiger partial charge in [0.05, 0.1) is 12.0 Å². The van der Waals surface area contributed by atoms with Crippen molar-refractivity contribution in [2.24, 2.45) is 5.14 Å². The van der Waals surface area contributed by atoms with Crippen LogP contribution in [0.15, 0.2) is 47.4 Å². The van der Waals surface area contributed by atoms with Crippen LogP contribution in [0.1, 0.15) is 19.0 Å². The SMILES string of the molecule is CCn1nc(-c2ccccc2S(N)(=O)=O)c(-c2ccc(OC)c(F)c2)c1C(F)F. The Balaban J connectivity index is 2.40. The number of halogens is 3. The van der Waals surface area contributed by atoms with Gasteiger partial charge in [0.1, 0.15) is 11.4 Å². The molecule has 0 spiro atoms. The molecule has 2 N–H and O–H groups in total. The van der Waals surface area contributed by atoms with Crippen LogP contribution in [-0.2, 0) is 16.6 Å². The number of sulfonamides is 1. The van der Waals surface area contributed by atoms with Gasteiger partial charge in [-0.2, -0.15) is 5.10 Å². The molecular formula is C19H18F3N3O3S. The predicted molar refractivity (Wildman–Crippen MR) is 102 cm³/mol. The van der Waals surface area contributed by atoms with Crippen molar-refractivity contribution in [3.63, 3.8) is 0 Å². The third-order valence-electron chi connectivity index (χ3n) is 4.39. The average Bonchev–Trinajstić information content (AvgIpc) is 3.07. The van der Waals surface area contributed by atoms with Gasteiger partial charge in [-0.1, -0.05) is 24.3 Å². The van der Waals surface area contributed by atoms with Crippen molar-refractivity contribution in [2.75, 3.05) is 7.11 Å². The Labute approximate surface area is 165 Å². The van der Waals surface area contributed by atoms with E-state index < -0.39 is 28.0 Å². The second-order valence-corrected chi connectivity index (χ2v) is 7.65. The van der Waals surface area contributed by atoms with Gasteiger partial charge in [-0.3, -0.25) is 4.68 Å². The van der Waals surface area contributed by atoms with Crippen LogP contribution >= 0.6 is 0 Å². The second-order valence-electron chi connectivity index (χ2n) is 6.12. The Bertz CT molecular complexity index is 1160. The van der Waals surface area contributed by atoms with E-state index >= 15 is 0 Å².